The fourth-order valence-corrected chi connectivity index (χ4v) is 3.20. The molecule has 110 valence electrons. The largest absolute Gasteiger partial charge is 0.342 e. The Kier molecular flexibility index (Phi) is 5.64. The lowest BCUT2D eigenvalue weighted by Gasteiger charge is -2.33. The topological polar surface area (TPSA) is 35.6 Å². The van der Waals surface area contributed by atoms with Crippen LogP contribution in [0.15, 0.2) is 0 Å². The molecule has 4 heteroatoms. The summed E-state index contributed by atoms with van der Waals surface area (Å²) < 4.78 is 0. The molecule has 0 saturated carbocycles. The van der Waals surface area contributed by atoms with Crippen molar-refractivity contribution in [2.24, 2.45) is 5.92 Å². The summed E-state index contributed by atoms with van der Waals surface area (Å²) in [6.07, 6.45) is 6.14. The molecule has 2 aliphatic rings. The fourth-order valence-electron chi connectivity index (χ4n) is 3.20. The van der Waals surface area contributed by atoms with Crippen molar-refractivity contribution in [1.29, 1.82) is 0 Å². The first-order valence-corrected chi connectivity index (χ1v) is 7.86. The Morgan fingerprint density at radius 3 is 2.42 bits per heavy atom. The number of rotatable bonds is 4. The van der Waals surface area contributed by atoms with E-state index in [1.54, 1.807) is 0 Å². The first-order valence-electron chi connectivity index (χ1n) is 7.86. The lowest BCUT2D eigenvalue weighted by molar-refractivity contribution is -0.131. The van der Waals surface area contributed by atoms with Crippen LogP contribution in [0.5, 0.6) is 0 Å². The fraction of sp³-hybridized carbons (Fsp3) is 0.933. The number of likely N-dealkylation sites (tertiary alicyclic amines) is 2. The monoisotopic (exact) mass is 267 g/mol. The summed E-state index contributed by atoms with van der Waals surface area (Å²) in [7, 11) is 2.19. The minimum absolute atomic E-state index is 0.291. The number of nitrogens with one attached hydrogen (secondary N) is 1. The molecule has 2 rings (SSSR count). The summed E-state index contributed by atoms with van der Waals surface area (Å²) in [5.74, 6) is 1.02. The molecule has 1 unspecified atom stereocenters. The minimum Gasteiger partial charge on any atom is -0.342 e. The van der Waals surface area contributed by atoms with Crippen LogP contribution in [0.1, 0.15) is 39.0 Å². The van der Waals surface area contributed by atoms with Gasteiger partial charge in [0.15, 0.2) is 0 Å². The highest BCUT2D eigenvalue weighted by Crippen LogP contribution is 2.19. The molecule has 0 spiro atoms. The van der Waals surface area contributed by atoms with Crippen molar-refractivity contribution in [3.8, 4) is 0 Å². The molecule has 1 atom stereocenters. The molecule has 4 nitrogen and oxygen atoms in total. The Balaban J connectivity index is 1.67. The molecule has 19 heavy (non-hydrogen) atoms. The van der Waals surface area contributed by atoms with E-state index in [9.17, 15) is 4.79 Å². The van der Waals surface area contributed by atoms with Gasteiger partial charge in [-0.3, -0.25) is 4.79 Å². The van der Waals surface area contributed by atoms with Crippen molar-refractivity contribution in [2.75, 3.05) is 39.8 Å². The molecule has 2 saturated heterocycles. The number of amides is 1. The molecule has 0 radical (unpaired) electrons. The third-order valence-corrected chi connectivity index (χ3v) is 4.75. The normalized spacial score (nSPS) is 24.4. The van der Waals surface area contributed by atoms with Gasteiger partial charge >= 0.3 is 0 Å². The van der Waals surface area contributed by atoms with Gasteiger partial charge < -0.3 is 15.1 Å². The Bertz CT molecular complexity index is 281. The van der Waals surface area contributed by atoms with E-state index in [4.69, 9.17) is 0 Å². The smallest absolute Gasteiger partial charge is 0.236 e. The van der Waals surface area contributed by atoms with Crippen LogP contribution >= 0.6 is 0 Å². The van der Waals surface area contributed by atoms with Crippen molar-refractivity contribution in [1.82, 2.24) is 15.1 Å². The molecule has 2 fully saturated rings. The van der Waals surface area contributed by atoms with E-state index < -0.39 is 0 Å². The van der Waals surface area contributed by atoms with Crippen molar-refractivity contribution in [3.05, 3.63) is 0 Å². The van der Waals surface area contributed by atoms with Gasteiger partial charge in [0.05, 0.1) is 6.54 Å². The second-order valence-electron chi connectivity index (χ2n) is 6.25. The Morgan fingerprint density at radius 2 is 1.79 bits per heavy atom. The predicted octanol–water partition coefficient (Wildman–Crippen LogP) is 1.32. The molecular weight excluding hydrogens is 238 g/mol. The first kappa shape index (κ1) is 14.8. The average Bonchev–Trinajstić information content (AvgIpc) is 2.46. The van der Waals surface area contributed by atoms with Gasteiger partial charge in [-0.25, -0.2) is 0 Å². The quantitative estimate of drug-likeness (QED) is 0.834. The van der Waals surface area contributed by atoms with Crippen LogP contribution in [0.25, 0.3) is 0 Å². The number of hydrogen-bond acceptors (Lipinski definition) is 3. The summed E-state index contributed by atoms with van der Waals surface area (Å²) >= 11 is 0. The highest BCUT2D eigenvalue weighted by molar-refractivity contribution is 5.78. The number of hydrogen-bond donors (Lipinski definition) is 1. The molecule has 2 heterocycles. The van der Waals surface area contributed by atoms with Crippen LogP contribution in [0.3, 0.4) is 0 Å². The van der Waals surface area contributed by atoms with E-state index in [1.807, 2.05) is 4.90 Å². The molecule has 0 aromatic rings. The van der Waals surface area contributed by atoms with E-state index in [-0.39, 0.29) is 0 Å². The average molecular weight is 267 g/mol. The van der Waals surface area contributed by atoms with Gasteiger partial charge in [-0.1, -0.05) is 0 Å². The standard InChI is InChI=1S/C15H29N3O/c1-13(14-6-10-17(2)11-7-14)16-12-15(19)18-8-4-3-5-9-18/h13-14,16H,3-12H2,1-2H3. The van der Waals surface area contributed by atoms with Crippen LogP contribution < -0.4 is 5.32 Å². The van der Waals surface area contributed by atoms with Gasteiger partial charge in [-0.2, -0.15) is 0 Å². The van der Waals surface area contributed by atoms with Gasteiger partial charge in [0, 0.05) is 19.1 Å². The third-order valence-electron chi connectivity index (χ3n) is 4.75. The molecule has 0 aliphatic carbocycles. The van der Waals surface area contributed by atoms with Crippen molar-refractivity contribution in [2.45, 2.75) is 45.1 Å². The van der Waals surface area contributed by atoms with E-state index >= 15 is 0 Å². The lowest BCUT2D eigenvalue weighted by atomic mass is 9.90. The van der Waals surface area contributed by atoms with Crippen LogP contribution in [-0.4, -0.2) is 61.5 Å². The summed E-state index contributed by atoms with van der Waals surface area (Å²) in [4.78, 5) is 16.5. The van der Waals surface area contributed by atoms with E-state index in [0.29, 0.717) is 18.5 Å². The molecule has 1 amide bonds. The molecule has 1 N–H and O–H groups in total. The number of nitrogens with zero attached hydrogens (tertiary/aromatic N) is 2. The maximum Gasteiger partial charge on any atom is 0.236 e. The molecule has 0 aromatic carbocycles. The zero-order chi connectivity index (χ0) is 13.7. The van der Waals surface area contributed by atoms with Gasteiger partial charge in [0.25, 0.3) is 0 Å². The zero-order valence-electron chi connectivity index (χ0n) is 12.5. The summed E-state index contributed by atoms with van der Waals surface area (Å²) in [5.41, 5.74) is 0. The van der Waals surface area contributed by atoms with E-state index in [2.05, 4.69) is 24.2 Å². The summed E-state index contributed by atoms with van der Waals surface area (Å²) in [5, 5.41) is 3.45. The summed E-state index contributed by atoms with van der Waals surface area (Å²) in [6, 6.07) is 0.461. The molecule has 0 bridgehead atoms. The number of carbonyl (C=O) groups is 1. The number of piperidine rings is 2. The Hall–Kier alpha value is -0.610. The van der Waals surface area contributed by atoms with Gasteiger partial charge in [-0.05, 0) is 65.1 Å². The van der Waals surface area contributed by atoms with Crippen molar-refractivity contribution in [3.63, 3.8) is 0 Å². The SMILES string of the molecule is CC(NCC(=O)N1CCCCC1)C1CCN(C)CC1. The Labute approximate surface area is 117 Å². The second-order valence-corrected chi connectivity index (χ2v) is 6.25. The van der Waals surface area contributed by atoms with E-state index in [1.165, 1.54) is 45.2 Å². The van der Waals surface area contributed by atoms with Crippen LogP contribution in [0.4, 0.5) is 0 Å². The zero-order valence-corrected chi connectivity index (χ0v) is 12.5. The lowest BCUT2D eigenvalue weighted by Crippen LogP contribution is -2.46. The minimum atomic E-state index is 0.291. The first-order chi connectivity index (χ1) is 9.16. The van der Waals surface area contributed by atoms with Crippen molar-refractivity contribution >= 4 is 5.91 Å². The maximum absolute atomic E-state index is 12.1. The molecule has 2 aliphatic heterocycles. The van der Waals surface area contributed by atoms with Gasteiger partial charge in [0.2, 0.25) is 5.91 Å². The van der Waals surface area contributed by atoms with Gasteiger partial charge in [-0.15, -0.1) is 0 Å². The third kappa shape index (κ3) is 4.46. The second kappa shape index (κ2) is 7.25. The number of carbonyl (C=O) groups excluding carboxylic acids is 1. The van der Waals surface area contributed by atoms with Crippen molar-refractivity contribution < 1.29 is 4.79 Å². The molecule has 0 aromatic heterocycles. The maximum atomic E-state index is 12.1. The highest BCUT2D eigenvalue weighted by atomic mass is 16.2. The van der Waals surface area contributed by atoms with Gasteiger partial charge in [0.1, 0.15) is 0 Å². The van der Waals surface area contributed by atoms with Crippen LogP contribution in [0, 0.1) is 5.92 Å². The Morgan fingerprint density at radius 1 is 1.16 bits per heavy atom. The highest BCUT2D eigenvalue weighted by Gasteiger charge is 2.23. The van der Waals surface area contributed by atoms with Crippen LogP contribution in [-0.2, 0) is 4.79 Å². The van der Waals surface area contributed by atoms with Crippen LogP contribution in [0.2, 0.25) is 0 Å². The summed E-state index contributed by atoms with van der Waals surface area (Å²) in [6.45, 7) is 7.06. The predicted molar refractivity (Wildman–Crippen MR) is 78.1 cm³/mol. The van der Waals surface area contributed by atoms with E-state index in [0.717, 1.165) is 19.0 Å². The molecular formula is C15H29N3O.